The van der Waals surface area contributed by atoms with Crippen LogP contribution in [0.25, 0.3) is 0 Å². The number of hydrogen-bond donors (Lipinski definition) is 1. The maximum atomic E-state index is 13.2. The van der Waals surface area contributed by atoms with Gasteiger partial charge in [-0.3, -0.25) is 9.59 Å². The summed E-state index contributed by atoms with van der Waals surface area (Å²) in [6, 6.07) is 9.81. The van der Waals surface area contributed by atoms with Crippen LogP contribution in [0, 0.1) is 12.8 Å². The van der Waals surface area contributed by atoms with E-state index in [1.54, 1.807) is 25.1 Å². The molecule has 8 heteroatoms. The molecular formula is C19H16ClF3N2O2. The Hall–Kier alpha value is -2.54. The molecule has 0 bridgehead atoms. The molecule has 1 saturated heterocycles. The zero-order valence-corrected chi connectivity index (χ0v) is 15.1. The van der Waals surface area contributed by atoms with Gasteiger partial charge in [0, 0.05) is 23.7 Å². The van der Waals surface area contributed by atoms with Gasteiger partial charge in [-0.2, -0.15) is 13.2 Å². The van der Waals surface area contributed by atoms with Gasteiger partial charge >= 0.3 is 6.18 Å². The first-order valence-corrected chi connectivity index (χ1v) is 8.58. The van der Waals surface area contributed by atoms with E-state index in [1.165, 1.54) is 18.2 Å². The quantitative estimate of drug-likeness (QED) is 0.820. The third-order valence-corrected chi connectivity index (χ3v) is 4.68. The average molecular weight is 397 g/mol. The second-order valence-electron chi connectivity index (χ2n) is 6.37. The Kier molecular flexibility index (Phi) is 5.15. The van der Waals surface area contributed by atoms with E-state index in [9.17, 15) is 22.8 Å². The summed E-state index contributed by atoms with van der Waals surface area (Å²) in [5.74, 6) is -1.67. The van der Waals surface area contributed by atoms with Crippen LogP contribution in [0.3, 0.4) is 0 Å². The lowest BCUT2D eigenvalue weighted by Crippen LogP contribution is -2.29. The molecule has 1 aliphatic heterocycles. The summed E-state index contributed by atoms with van der Waals surface area (Å²) >= 11 is 5.88. The molecule has 1 unspecified atom stereocenters. The first kappa shape index (κ1) is 19.2. The van der Waals surface area contributed by atoms with Gasteiger partial charge in [0.1, 0.15) is 0 Å². The first-order chi connectivity index (χ1) is 12.7. The summed E-state index contributed by atoms with van der Waals surface area (Å²) in [5, 5.41) is 3.24. The lowest BCUT2D eigenvalue weighted by molar-refractivity contribution is -0.137. The van der Waals surface area contributed by atoms with Crippen molar-refractivity contribution in [3.8, 4) is 0 Å². The van der Waals surface area contributed by atoms with Crippen LogP contribution < -0.4 is 10.2 Å². The van der Waals surface area contributed by atoms with E-state index in [0.717, 1.165) is 16.5 Å². The van der Waals surface area contributed by atoms with E-state index in [2.05, 4.69) is 5.32 Å². The predicted molar refractivity (Wildman–Crippen MR) is 96.7 cm³/mol. The zero-order chi connectivity index (χ0) is 19.8. The maximum absolute atomic E-state index is 13.2. The molecule has 0 aliphatic carbocycles. The SMILES string of the molecule is Cc1cc(Cl)ccc1NC(=O)C1CC(=O)N(c2ccccc2C(F)(F)F)C1. The van der Waals surface area contributed by atoms with Gasteiger partial charge in [-0.1, -0.05) is 23.7 Å². The van der Waals surface area contributed by atoms with Crippen molar-refractivity contribution < 1.29 is 22.8 Å². The lowest BCUT2D eigenvalue weighted by atomic mass is 10.1. The normalized spacial score (nSPS) is 17.3. The minimum Gasteiger partial charge on any atom is -0.326 e. The zero-order valence-electron chi connectivity index (χ0n) is 14.3. The first-order valence-electron chi connectivity index (χ1n) is 8.20. The number of benzene rings is 2. The standard InChI is InChI=1S/C19H16ClF3N2O2/c1-11-8-13(20)6-7-15(11)24-18(27)12-9-17(26)25(10-12)16-5-3-2-4-14(16)19(21,22)23/h2-8,12H,9-10H2,1H3,(H,24,27). The van der Waals surface area contributed by atoms with Crippen LogP contribution in [-0.2, 0) is 15.8 Å². The highest BCUT2D eigenvalue weighted by Crippen LogP contribution is 2.38. The third kappa shape index (κ3) is 4.08. The Labute approximate surface area is 158 Å². The predicted octanol–water partition coefficient (Wildman–Crippen LogP) is 4.66. The Morgan fingerprint density at radius 1 is 1.22 bits per heavy atom. The Morgan fingerprint density at radius 2 is 1.93 bits per heavy atom. The van der Waals surface area contributed by atoms with Crippen molar-refractivity contribution >= 4 is 34.8 Å². The molecule has 0 radical (unpaired) electrons. The second-order valence-corrected chi connectivity index (χ2v) is 6.81. The van der Waals surface area contributed by atoms with Gasteiger partial charge in [0.15, 0.2) is 0 Å². The number of hydrogen-bond acceptors (Lipinski definition) is 2. The van der Waals surface area contributed by atoms with Crippen LogP contribution in [0.1, 0.15) is 17.5 Å². The summed E-state index contributed by atoms with van der Waals surface area (Å²) in [7, 11) is 0. The number of halogens is 4. The highest BCUT2D eigenvalue weighted by Gasteiger charge is 2.40. The number of aryl methyl sites for hydroxylation is 1. The minimum absolute atomic E-state index is 0.107. The highest BCUT2D eigenvalue weighted by molar-refractivity contribution is 6.30. The number of carbonyl (C=O) groups excluding carboxylic acids is 2. The summed E-state index contributed by atoms with van der Waals surface area (Å²) < 4.78 is 39.7. The topological polar surface area (TPSA) is 49.4 Å². The Bertz CT molecular complexity index is 899. The molecular weight excluding hydrogens is 381 g/mol. The van der Waals surface area contributed by atoms with E-state index in [1.807, 2.05) is 0 Å². The molecule has 142 valence electrons. The monoisotopic (exact) mass is 396 g/mol. The van der Waals surface area contributed by atoms with E-state index < -0.39 is 29.5 Å². The van der Waals surface area contributed by atoms with Gasteiger partial charge in [0.25, 0.3) is 0 Å². The third-order valence-electron chi connectivity index (χ3n) is 4.44. The van der Waals surface area contributed by atoms with Crippen LogP contribution in [0.2, 0.25) is 5.02 Å². The number of para-hydroxylation sites is 1. The van der Waals surface area contributed by atoms with Crippen LogP contribution in [0.5, 0.6) is 0 Å². The summed E-state index contributed by atoms with van der Waals surface area (Å²) in [5.41, 5.74) is 0.173. The van der Waals surface area contributed by atoms with Crippen molar-refractivity contribution in [1.29, 1.82) is 0 Å². The molecule has 2 aromatic rings. The molecule has 27 heavy (non-hydrogen) atoms. The van der Waals surface area contributed by atoms with Crippen LogP contribution >= 0.6 is 11.6 Å². The molecule has 2 amide bonds. The number of nitrogens with one attached hydrogen (secondary N) is 1. The van der Waals surface area contributed by atoms with Crippen LogP contribution in [-0.4, -0.2) is 18.4 Å². The van der Waals surface area contributed by atoms with Gasteiger partial charge < -0.3 is 10.2 Å². The van der Waals surface area contributed by atoms with Crippen LogP contribution in [0.15, 0.2) is 42.5 Å². The molecule has 1 heterocycles. The molecule has 3 rings (SSSR count). The lowest BCUT2D eigenvalue weighted by Gasteiger charge is -2.21. The van der Waals surface area contributed by atoms with E-state index in [0.29, 0.717) is 10.7 Å². The number of anilines is 2. The fourth-order valence-electron chi connectivity index (χ4n) is 3.07. The Morgan fingerprint density at radius 3 is 2.59 bits per heavy atom. The van der Waals surface area contributed by atoms with Crippen molar-refractivity contribution in [2.24, 2.45) is 5.92 Å². The van der Waals surface area contributed by atoms with Crippen LogP contribution in [0.4, 0.5) is 24.5 Å². The molecule has 2 aromatic carbocycles. The van der Waals surface area contributed by atoms with Gasteiger partial charge in [-0.25, -0.2) is 0 Å². The fourth-order valence-corrected chi connectivity index (χ4v) is 3.29. The Balaban J connectivity index is 1.79. The second kappa shape index (κ2) is 7.23. The summed E-state index contributed by atoms with van der Waals surface area (Å²) in [4.78, 5) is 25.8. The van der Waals surface area contributed by atoms with Crippen molar-refractivity contribution in [1.82, 2.24) is 0 Å². The summed E-state index contributed by atoms with van der Waals surface area (Å²) in [6.45, 7) is 1.66. The molecule has 1 fully saturated rings. The number of amides is 2. The molecule has 1 aliphatic rings. The van der Waals surface area contributed by atoms with Crippen molar-refractivity contribution in [3.63, 3.8) is 0 Å². The van der Waals surface area contributed by atoms with Crippen molar-refractivity contribution in [3.05, 3.63) is 58.6 Å². The smallest absolute Gasteiger partial charge is 0.326 e. The molecule has 0 spiro atoms. The summed E-state index contributed by atoms with van der Waals surface area (Å²) in [6.07, 6.45) is -4.73. The van der Waals surface area contributed by atoms with Gasteiger partial charge in [0.2, 0.25) is 11.8 Å². The van der Waals surface area contributed by atoms with Crippen molar-refractivity contribution in [2.45, 2.75) is 19.5 Å². The fraction of sp³-hybridized carbons (Fsp3) is 0.263. The van der Waals surface area contributed by atoms with E-state index >= 15 is 0 Å². The van der Waals surface area contributed by atoms with Crippen molar-refractivity contribution in [2.75, 3.05) is 16.8 Å². The molecule has 0 saturated carbocycles. The van der Waals surface area contributed by atoms with Gasteiger partial charge in [0.05, 0.1) is 17.2 Å². The number of nitrogens with zero attached hydrogens (tertiary/aromatic N) is 1. The number of alkyl halides is 3. The van der Waals surface area contributed by atoms with E-state index in [-0.39, 0.29) is 18.7 Å². The average Bonchev–Trinajstić information content (AvgIpc) is 2.98. The largest absolute Gasteiger partial charge is 0.418 e. The number of rotatable bonds is 3. The highest BCUT2D eigenvalue weighted by atomic mass is 35.5. The molecule has 1 atom stereocenters. The minimum atomic E-state index is -4.59. The van der Waals surface area contributed by atoms with E-state index in [4.69, 9.17) is 11.6 Å². The number of carbonyl (C=O) groups is 2. The molecule has 0 aromatic heterocycles. The molecule has 4 nitrogen and oxygen atoms in total. The molecule has 1 N–H and O–H groups in total. The van der Waals surface area contributed by atoms with Gasteiger partial charge in [-0.05, 0) is 42.8 Å². The van der Waals surface area contributed by atoms with Gasteiger partial charge in [-0.15, -0.1) is 0 Å². The maximum Gasteiger partial charge on any atom is 0.418 e.